The third-order valence-electron chi connectivity index (χ3n) is 3.87. The van der Waals surface area contributed by atoms with Crippen LogP contribution in [0.4, 0.5) is 4.79 Å². The molecular weight excluding hydrogens is 288 g/mol. The number of esters is 1. The third kappa shape index (κ3) is 6.78. The standard InChI is InChI=1S/C15H26N2O5/c1-22-13(18)8-4-2-3-5-9-16-15(21)17-10-6-7-12(11-17)14(19)20/h12H,2-11H2,1H3,(H,16,21)(H,19,20). The Labute approximate surface area is 131 Å². The predicted octanol–water partition coefficient (Wildman–Crippen LogP) is 1.62. The van der Waals surface area contributed by atoms with Crippen molar-refractivity contribution in [2.75, 3.05) is 26.7 Å². The first-order chi connectivity index (χ1) is 10.5. The molecule has 0 aromatic rings. The van der Waals surface area contributed by atoms with Crippen LogP contribution in [0.3, 0.4) is 0 Å². The number of piperidine rings is 1. The van der Waals surface area contributed by atoms with Gasteiger partial charge in [0.05, 0.1) is 13.0 Å². The summed E-state index contributed by atoms with van der Waals surface area (Å²) in [7, 11) is 1.38. The minimum absolute atomic E-state index is 0.180. The van der Waals surface area contributed by atoms with Crippen LogP contribution in [-0.4, -0.2) is 54.7 Å². The number of aliphatic carboxylic acids is 1. The average molecular weight is 314 g/mol. The van der Waals surface area contributed by atoms with Crippen LogP contribution >= 0.6 is 0 Å². The number of urea groups is 1. The van der Waals surface area contributed by atoms with E-state index >= 15 is 0 Å². The third-order valence-corrected chi connectivity index (χ3v) is 3.87. The number of methoxy groups -OCH3 is 1. The Morgan fingerprint density at radius 1 is 1.23 bits per heavy atom. The van der Waals surface area contributed by atoms with E-state index in [9.17, 15) is 14.4 Å². The molecule has 0 bridgehead atoms. The van der Waals surface area contributed by atoms with E-state index in [4.69, 9.17) is 5.11 Å². The van der Waals surface area contributed by atoms with E-state index in [1.165, 1.54) is 7.11 Å². The number of carbonyl (C=O) groups is 3. The molecule has 1 unspecified atom stereocenters. The molecule has 0 aromatic heterocycles. The summed E-state index contributed by atoms with van der Waals surface area (Å²) in [6.07, 6.45) is 5.32. The Balaban J connectivity index is 2.08. The van der Waals surface area contributed by atoms with E-state index < -0.39 is 11.9 Å². The molecule has 1 fully saturated rings. The first-order valence-corrected chi connectivity index (χ1v) is 7.87. The Bertz CT molecular complexity index is 386. The molecule has 7 heteroatoms. The van der Waals surface area contributed by atoms with Crippen molar-refractivity contribution in [1.82, 2.24) is 10.2 Å². The Hall–Kier alpha value is -1.79. The smallest absolute Gasteiger partial charge is 0.317 e. The number of amides is 2. The van der Waals surface area contributed by atoms with Gasteiger partial charge in [0.1, 0.15) is 0 Å². The number of nitrogens with zero attached hydrogens (tertiary/aromatic N) is 1. The van der Waals surface area contributed by atoms with Gasteiger partial charge >= 0.3 is 18.0 Å². The molecule has 1 heterocycles. The molecule has 1 atom stereocenters. The SMILES string of the molecule is COC(=O)CCCCCCNC(=O)N1CCCC(C(=O)O)C1. The minimum atomic E-state index is -0.830. The maximum Gasteiger partial charge on any atom is 0.317 e. The molecule has 22 heavy (non-hydrogen) atoms. The highest BCUT2D eigenvalue weighted by molar-refractivity contribution is 5.76. The van der Waals surface area contributed by atoms with Crippen LogP contribution in [0.1, 0.15) is 44.9 Å². The number of unbranched alkanes of at least 4 members (excludes halogenated alkanes) is 3. The fourth-order valence-electron chi connectivity index (χ4n) is 2.52. The highest BCUT2D eigenvalue weighted by Gasteiger charge is 2.27. The van der Waals surface area contributed by atoms with Gasteiger partial charge in [0, 0.05) is 26.1 Å². The molecule has 0 saturated carbocycles. The Kier molecular flexibility index (Phi) is 8.32. The van der Waals surface area contributed by atoms with E-state index in [0.717, 1.165) is 32.1 Å². The molecule has 1 rings (SSSR count). The van der Waals surface area contributed by atoms with E-state index in [0.29, 0.717) is 32.5 Å². The number of carboxylic acids is 1. The second-order valence-electron chi connectivity index (χ2n) is 5.60. The van der Waals surface area contributed by atoms with Crippen LogP contribution in [0.15, 0.2) is 0 Å². The number of carboxylic acid groups (broad SMARTS) is 1. The Morgan fingerprint density at radius 3 is 2.64 bits per heavy atom. The first kappa shape index (κ1) is 18.3. The number of ether oxygens (including phenoxy) is 1. The summed E-state index contributed by atoms with van der Waals surface area (Å²) >= 11 is 0. The molecule has 2 amide bonds. The number of hydrogen-bond acceptors (Lipinski definition) is 4. The summed E-state index contributed by atoms with van der Waals surface area (Å²) in [4.78, 5) is 35.4. The van der Waals surface area contributed by atoms with Crippen LogP contribution in [0.5, 0.6) is 0 Å². The van der Waals surface area contributed by atoms with E-state index in [-0.39, 0.29) is 12.0 Å². The summed E-state index contributed by atoms with van der Waals surface area (Å²) < 4.78 is 4.56. The zero-order valence-electron chi connectivity index (χ0n) is 13.2. The van der Waals surface area contributed by atoms with Gasteiger partial charge in [0.2, 0.25) is 0 Å². The van der Waals surface area contributed by atoms with Crippen LogP contribution in [0.2, 0.25) is 0 Å². The molecule has 0 spiro atoms. The minimum Gasteiger partial charge on any atom is -0.481 e. The monoisotopic (exact) mass is 314 g/mol. The predicted molar refractivity (Wildman–Crippen MR) is 80.4 cm³/mol. The van der Waals surface area contributed by atoms with Gasteiger partial charge in [-0.25, -0.2) is 4.79 Å². The normalized spacial score (nSPS) is 17.9. The van der Waals surface area contributed by atoms with Crippen molar-refractivity contribution < 1.29 is 24.2 Å². The van der Waals surface area contributed by atoms with Crippen molar-refractivity contribution in [3.05, 3.63) is 0 Å². The lowest BCUT2D eigenvalue weighted by Crippen LogP contribution is -2.47. The number of nitrogens with one attached hydrogen (secondary N) is 1. The molecule has 1 aliphatic rings. The zero-order chi connectivity index (χ0) is 16.4. The van der Waals surface area contributed by atoms with Gasteiger partial charge in [-0.2, -0.15) is 0 Å². The van der Waals surface area contributed by atoms with E-state index in [1.807, 2.05) is 0 Å². The highest BCUT2D eigenvalue weighted by Crippen LogP contribution is 2.16. The number of carbonyl (C=O) groups excluding carboxylic acids is 2. The van der Waals surface area contributed by atoms with Crippen molar-refractivity contribution in [1.29, 1.82) is 0 Å². The fourth-order valence-corrected chi connectivity index (χ4v) is 2.52. The van der Waals surface area contributed by atoms with Gasteiger partial charge < -0.3 is 20.1 Å². The summed E-state index contributed by atoms with van der Waals surface area (Å²) in [5, 5.41) is 11.8. The summed E-state index contributed by atoms with van der Waals surface area (Å²) in [6, 6.07) is -0.180. The van der Waals surface area contributed by atoms with Crippen molar-refractivity contribution in [2.24, 2.45) is 5.92 Å². The molecule has 0 aromatic carbocycles. The van der Waals surface area contributed by atoms with Crippen molar-refractivity contribution in [3.8, 4) is 0 Å². The molecule has 0 aliphatic carbocycles. The molecule has 2 N–H and O–H groups in total. The second kappa shape index (κ2) is 10.0. The molecule has 7 nitrogen and oxygen atoms in total. The van der Waals surface area contributed by atoms with Crippen LogP contribution in [-0.2, 0) is 14.3 Å². The number of hydrogen-bond donors (Lipinski definition) is 2. The lowest BCUT2D eigenvalue weighted by Gasteiger charge is -2.30. The van der Waals surface area contributed by atoms with Gasteiger partial charge in [-0.3, -0.25) is 9.59 Å². The maximum absolute atomic E-state index is 11.9. The van der Waals surface area contributed by atoms with E-state index in [1.54, 1.807) is 4.90 Å². The number of likely N-dealkylation sites (tertiary alicyclic amines) is 1. The molecule has 0 radical (unpaired) electrons. The topological polar surface area (TPSA) is 95.9 Å². The van der Waals surface area contributed by atoms with E-state index in [2.05, 4.69) is 10.1 Å². The maximum atomic E-state index is 11.9. The lowest BCUT2D eigenvalue weighted by molar-refractivity contribution is -0.143. The lowest BCUT2D eigenvalue weighted by atomic mass is 9.99. The quantitative estimate of drug-likeness (QED) is 0.524. The number of rotatable bonds is 8. The first-order valence-electron chi connectivity index (χ1n) is 7.87. The summed E-state index contributed by atoms with van der Waals surface area (Å²) in [6.45, 7) is 1.49. The second-order valence-corrected chi connectivity index (χ2v) is 5.60. The molecular formula is C15H26N2O5. The highest BCUT2D eigenvalue weighted by atomic mass is 16.5. The van der Waals surface area contributed by atoms with Crippen LogP contribution in [0, 0.1) is 5.92 Å². The average Bonchev–Trinajstić information content (AvgIpc) is 2.53. The molecule has 126 valence electrons. The van der Waals surface area contributed by atoms with Crippen molar-refractivity contribution in [3.63, 3.8) is 0 Å². The molecule has 1 aliphatic heterocycles. The van der Waals surface area contributed by atoms with Gasteiger partial charge in [-0.15, -0.1) is 0 Å². The van der Waals surface area contributed by atoms with Gasteiger partial charge in [0.25, 0.3) is 0 Å². The largest absolute Gasteiger partial charge is 0.481 e. The molecule has 1 saturated heterocycles. The van der Waals surface area contributed by atoms with Crippen LogP contribution in [0.25, 0.3) is 0 Å². The van der Waals surface area contributed by atoms with Gasteiger partial charge in [-0.05, 0) is 25.7 Å². The van der Waals surface area contributed by atoms with Gasteiger partial charge in [0.15, 0.2) is 0 Å². The van der Waals surface area contributed by atoms with Crippen molar-refractivity contribution in [2.45, 2.75) is 44.9 Å². The fraction of sp³-hybridized carbons (Fsp3) is 0.800. The zero-order valence-corrected chi connectivity index (χ0v) is 13.2. The summed E-state index contributed by atoms with van der Waals surface area (Å²) in [5.41, 5.74) is 0. The Morgan fingerprint density at radius 2 is 1.95 bits per heavy atom. The summed E-state index contributed by atoms with van der Waals surface area (Å²) in [5.74, 6) is -1.47. The van der Waals surface area contributed by atoms with Crippen molar-refractivity contribution >= 4 is 18.0 Å². The van der Waals surface area contributed by atoms with Gasteiger partial charge in [-0.1, -0.05) is 12.8 Å². The van der Waals surface area contributed by atoms with Crippen LogP contribution < -0.4 is 5.32 Å².